The van der Waals surface area contributed by atoms with Crippen LogP contribution >= 0.6 is 0 Å². The molecule has 98 valence electrons. The number of hydrogen-bond acceptors (Lipinski definition) is 3. The van der Waals surface area contributed by atoms with E-state index in [0.717, 1.165) is 17.5 Å². The molecule has 0 radical (unpaired) electrons. The zero-order valence-corrected chi connectivity index (χ0v) is 10.7. The Morgan fingerprint density at radius 1 is 1.50 bits per heavy atom. The maximum atomic E-state index is 11.4. The number of nitrogens with two attached hydrogens (primary N) is 1. The predicted octanol–water partition coefficient (Wildman–Crippen LogP) is 1.87. The summed E-state index contributed by atoms with van der Waals surface area (Å²) in [5.74, 6) is 4.67. The van der Waals surface area contributed by atoms with E-state index in [9.17, 15) is 4.79 Å². The molecule has 0 bridgehead atoms. The lowest BCUT2D eigenvalue weighted by Gasteiger charge is -2.10. The van der Waals surface area contributed by atoms with Crippen molar-refractivity contribution in [2.24, 2.45) is 5.84 Å². The third kappa shape index (κ3) is 4.31. The zero-order chi connectivity index (χ0) is 13.4. The quantitative estimate of drug-likeness (QED) is 0.254. The van der Waals surface area contributed by atoms with Crippen LogP contribution in [0.4, 0.5) is 0 Å². The Balaban J connectivity index is 2.51. The van der Waals surface area contributed by atoms with E-state index in [1.807, 2.05) is 37.3 Å². The van der Waals surface area contributed by atoms with Gasteiger partial charge in [0.25, 0.3) is 0 Å². The van der Waals surface area contributed by atoms with E-state index >= 15 is 0 Å². The molecule has 0 aliphatic rings. The van der Waals surface area contributed by atoms with E-state index in [-0.39, 0.29) is 11.8 Å². The van der Waals surface area contributed by atoms with E-state index in [1.165, 1.54) is 0 Å². The van der Waals surface area contributed by atoms with Crippen LogP contribution in [-0.2, 0) is 16.1 Å². The standard InChI is InChI=1S/C14H20N2O2/c1-3-4-9-18-10-12-5-7-13(8-6-12)11(2)14(17)16-15/h3,5-8,11H,1,4,9-10,15H2,2H3,(H,16,17). The molecule has 1 aromatic rings. The van der Waals surface area contributed by atoms with Crippen LogP contribution in [-0.4, -0.2) is 12.5 Å². The van der Waals surface area contributed by atoms with E-state index in [1.54, 1.807) is 0 Å². The summed E-state index contributed by atoms with van der Waals surface area (Å²) in [5, 5.41) is 0. The fourth-order valence-corrected chi connectivity index (χ4v) is 1.54. The third-order valence-corrected chi connectivity index (χ3v) is 2.75. The van der Waals surface area contributed by atoms with Crippen molar-refractivity contribution >= 4 is 5.91 Å². The number of ether oxygens (including phenoxy) is 1. The van der Waals surface area contributed by atoms with E-state index in [2.05, 4.69) is 12.0 Å². The highest BCUT2D eigenvalue weighted by Gasteiger charge is 2.13. The fraction of sp³-hybridized carbons (Fsp3) is 0.357. The van der Waals surface area contributed by atoms with E-state index in [4.69, 9.17) is 10.6 Å². The summed E-state index contributed by atoms with van der Waals surface area (Å²) in [5.41, 5.74) is 4.18. The van der Waals surface area contributed by atoms with Crippen LogP contribution in [0.15, 0.2) is 36.9 Å². The van der Waals surface area contributed by atoms with Crippen molar-refractivity contribution in [1.82, 2.24) is 5.43 Å². The molecule has 0 aromatic heterocycles. The lowest BCUT2D eigenvalue weighted by Crippen LogP contribution is -2.33. The minimum Gasteiger partial charge on any atom is -0.376 e. The molecule has 1 rings (SSSR count). The summed E-state index contributed by atoms with van der Waals surface area (Å²) in [6, 6.07) is 7.77. The van der Waals surface area contributed by atoms with Crippen LogP contribution in [0.5, 0.6) is 0 Å². The zero-order valence-electron chi connectivity index (χ0n) is 10.7. The number of benzene rings is 1. The molecule has 0 saturated heterocycles. The Labute approximate surface area is 108 Å². The Morgan fingerprint density at radius 3 is 2.72 bits per heavy atom. The van der Waals surface area contributed by atoms with Gasteiger partial charge >= 0.3 is 0 Å². The lowest BCUT2D eigenvalue weighted by molar-refractivity contribution is -0.122. The summed E-state index contributed by atoms with van der Waals surface area (Å²) in [7, 11) is 0. The van der Waals surface area contributed by atoms with Gasteiger partial charge in [-0.15, -0.1) is 6.58 Å². The molecule has 1 unspecified atom stereocenters. The van der Waals surface area contributed by atoms with Crippen molar-refractivity contribution in [3.8, 4) is 0 Å². The van der Waals surface area contributed by atoms with Gasteiger partial charge in [-0.2, -0.15) is 0 Å². The smallest absolute Gasteiger partial charge is 0.241 e. The molecule has 1 atom stereocenters. The number of carbonyl (C=O) groups excluding carboxylic acids is 1. The molecule has 18 heavy (non-hydrogen) atoms. The van der Waals surface area contributed by atoms with Crippen LogP contribution in [0.25, 0.3) is 0 Å². The molecule has 1 amide bonds. The topological polar surface area (TPSA) is 64.3 Å². The van der Waals surface area contributed by atoms with Crippen LogP contribution in [0.1, 0.15) is 30.4 Å². The minimum atomic E-state index is -0.245. The van der Waals surface area contributed by atoms with Crippen molar-refractivity contribution in [2.75, 3.05) is 6.61 Å². The average molecular weight is 248 g/mol. The van der Waals surface area contributed by atoms with Crippen molar-refractivity contribution in [1.29, 1.82) is 0 Å². The number of hydrogen-bond donors (Lipinski definition) is 2. The van der Waals surface area contributed by atoms with Crippen molar-refractivity contribution in [3.63, 3.8) is 0 Å². The van der Waals surface area contributed by atoms with Gasteiger partial charge in [-0.05, 0) is 24.5 Å². The first-order valence-electron chi connectivity index (χ1n) is 5.97. The highest BCUT2D eigenvalue weighted by Crippen LogP contribution is 2.16. The molecule has 4 nitrogen and oxygen atoms in total. The molecule has 3 N–H and O–H groups in total. The van der Waals surface area contributed by atoms with Gasteiger partial charge in [0.05, 0.1) is 19.1 Å². The predicted molar refractivity (Wildman–Crippen MR) is 71.7 cm³/mol. The average Bonchev–Trinajstić information content (AvgIpc) is 2.42. The highest BCUT2D eigenvalue weighted by atomic mass is 16.5. The summed E-state index contributed by atoms with van der Waals surface area (Å²) in [4.78, 5) is 11.4. The molecule has 0 saturated carbocycles. The fourth-order valence-electron chi connectivity index (χ4n) is 1.54. The van der Waals surface area contributed by atoms with Gasteiger partial charge < -0.3 is 4.74 Å². The number of rotatable bonds is 7. The van der Waals surface area contributed by atoms with Crippen LogP contribution in [0, 0.1) is 0 Å². The SMILES string of the molecule is C=CCCOCc1ccc(C(C)C(=O)NN)cc1. The van der Waals surface area contributed by atoms with Crippen LogP contribution < -0.4 is 11.3 Å². The summed E-state index contributed by atoms with van der Waals surface area (Å²) >= 11 is 0. The van der Waals surface area contributed by atoms with E-state index < -0.39 is 0 Å². The van der Waals surface area contributed by atoms with Crippen molar-refractivity contribution < 1.29 is 9.53 Å². The summed E-state index contributed by atoms with van der Waals surface area (Å²) in [6.45, 7) is 6.70. The van der Waals surface area contributed by atoms with Crippen molar-refractivity contribution in [2.45, 2.75) is 25.9 Å². The summed E-state index contributed by atoms with van der Waals surface area (Å²) < 4.78 is 5.46. The van der Waals surface area contributed by atoms with Gasteiger partial charge in [0.2, 0.25) is 5.91 Å². The highest BCUT2D eigenvalue weighted by molar-refractivity contribution is 5.82. The van der Waals surface area contributed by atoms with Gasteiger partial charge in [-0.1, -0.05) is 30.3 Å². The molecule has 4 heteroatoms. The molecule has 0 aliphatic heterocycles. The molecule has 0 heterocycles. The molecular formula is C14H20N2O2. The van der Waals surface area contributed by atoms with Gasteiger partial charge in [-0.25, -0.2) is 5.84 Å². The number of nitrogens with one attached hydrogen (secondary N) is 1. The monoisotopic (exact) mass is 248 g/mol. The van der Waals surface area contributed by atoms with Gasteiger partial charge in [-0.3, -0.25) is 10.2 Å². The number of amides is 1. The maximum Gasteiger partial charge on any atom is 0.241 e. The molecule has 0 spiro atoms. The summed E-state index contributed by atoms with van der Waals surface area (Å²) in [6.07, 6.45) is 2.68. The normalized spacial score (nSPS) is 11.9. The Bertz CT molecular complexity index is 387. The Hall–Kier alpha value is -1.65. The van der Waals surface area contributed by atoms with Crippen LogP contribution in [0.3, 0.4) is 0 Å². The molecular weight excluding hydrogens is 228 g/mol. The first kappa shape index (κ1) is 14.4. The second kappa shape index (κ2) is 7.63. The largest absolute Gasteiger partial charge is 0.376 e. The van der Waals surface area contributed by atoms with Crippen molar-refractivity contribution in [3.05, 3.63) is 48.0 Å². The molecule has 0 aliphatic carbocycles. The maximum absolute atomic E-state index is 11.4. The first-order valence-corrected chi connectivity index (χ1v) is 5.97. The molecule has 0 fully saturated rings. The Morgan fingerprint density at radius 2 is 2.17 bits per heavy atom. The lowest BCUT2D eigenvalue weighted by atomic mass is 9.99. The minimum absolute atomic E-state index is 0.190. The second-order valence-electron chi connectivity index (χ2n) is 4.10. The second-order valence-corrected chi connectivity index (χ2v) is 4.10. The molecule has 1 aromatic carbocycles. The number of carbonyl (C=O) groups is 1. The first-order chi connectivity index (χ1) is 8.69. The Kier molecular flexibility index (Phi) is 6.11. The van der Waals surface area contributed by atoms with Gasteiger partial charge in [0.1, 0.15) is 0 Å². The van der Waals surface area contributed by atoms with E-state index in [0.29, 0.717) is 13.2 Å². The number of hydrazine groups is 1. The van der Waals surface area contributed by atoms with Crippen LogP contribution in [0.2, 0.25) is 0 Å². The third-order valence-electron chi connectivity index (χ3n) is 2.75. The van der Waals surface area contributed by atoms with Gasteiger partial charge in [0, 0.05) is 0 Å². The van der Waals surface area contributed by atoms with Gasteiger partial charge in [0.15, 0.2) is 0 Å².